The predicted molar refractivity (Wildman–Crippen MR) is 114 cm³/mol. The number of barbiturate groups is 1. The minimum absolute atomic E-state index is 0.198. The first-order valence-electron chi connectivity index (χ1n) is 9.25. The number of carbonyl (C=O) groups is 3. The van der Waals surface area contributed by atoms with Gasteiger partial charge in [-0.3, -0.25) is 14.9 Å². The number of anilines is 1. The fraction of sp³-hybridized carbons (Fsp3) is 0.227. The summed E-state index contributed by atoms with van der Waals surface area (Å²) in [6.45, 7) is 5.99. The average molecular weight is 429 g/mol. The van der Waals surface area contributed by atoms with Crippen molar-refractivity contribution in [3.05, 3.63) is 57.6 Å². The molecule has 0 bridgehead atoms. The second-order valence-electron chi connectivity index (χ2n) is 6.69. The van der Waals surface area contributed by atoms with Gasteiger partial charge in [0.25, 0.3) is 11.8 Å². The number of methoxy groups -OCH3 is 1. The van der Waals surface area contributed by atoms with Crippen molar-refractivity contribution in [1.82, 2.24) is 5.32 Å². The highest BCUT2D eigenvalue weighted by molar-refractivity contribution is 6.39. The van der Waals surface area contributed by atoms with Crippen LogP contribution in [-0.2, 0) is 9.59 Å². The molecule has 156 valence electrons. The van der Waals surface area contributed by atoms with Crippen LogP contribution in [-0.4, -0.2) is 31.6 Å². The van der Waals surface area contributed by atoms with Crippen molar-refractivity contribution in [3.8, 4) is 11.5 Å². The zero-order chi connectivity index (χ0) is 22.0. The molecular formula is C22H21ClN2O5. The van der Waals surface area contributed by atoms with Crippen LogP contribution in [0.25, 0.3) is 6.08 Å². The Morgan fingerprint density at radius 1 is 1.10 bits per heavy atom. The number of benzene rings is 2. The minimum Gasteiger partial charge on any atom is -0.491 e. The number of imide groups is 2. The first kappa shape index (κ1) is 21.4. The molecule has 8 heteroatoms. The molecule has 4 amide bonds. The molecule has 1 fully saturated rings. The van der Waals surface area contributed by atoms with Gasteiger partial charge in [0, 0.05) is 0 Å². The number of halogens is 1. The van der Waals surface area contributed by atoms with E-state index in [9.17, 15) is 14.4 Å². The van der Waals surface area contributed by atoms with Gasteiger partial charge >= 0.3 is 6.03 Å². The van der Waals surface area contributed by atoms with E-state index in [4.69, 9.17) is 21.1 Å². The molecular weight excluding hydrogens is 408 g/mol. The van der Waals surface area contributed by atoms with Crippen molar-refractivity contribution < 1.29 is 23.9 Å². The number of hydrogen-bond donors (Lipinski definition) is 1. The van der Waals surface area contributed by atoms with E-state index in [2.05, 4.69) is 5.32 Å². The Kier molecular flexibility index (Phi) is 6.12. The number of hydrogen-bond acceptors (Lipinski definition) is 5. The lowest BCUT2D eigenvalue weighted by Gasteiger charge is -2.27. The molecule has 0 aliphatic carbocycles. The van der Waals surface area contributed by atoms with Gasteiger partial charge in [-0.15, -0.1) is 0 Å². The summed E-state index contributed by atoms with van der Waals surface area (Å²) in [5.41, 5.74) is 2.57. The number of urea groups is 1. The van der Waals surface area contributed by atoms with Crippen LogP contribution in [0.3, 0.4) is 0 Å². The number of rotatable bonds is 5. The first-order valence-corrected chi connectivity index (χ1v) is 9.63. The smallest absolute Gasteiger partial charge is 0.335 e. The molecule has 3 rings (SSSR count). The van der Waals surface area contributed by atoms with Gasteiger partial charge in [0.15, 0.2) is 11.5 Å². The Morgan fingerprint density at radius 2 is 1.83 bits per heavy atom. The molecule has 1 aliphatic rings. The van der Waals surface area contributed by atoms with Crippen LogP contribution in [0.4, 0.5) is 10.5 Å². The van der Waals surface area contributed by atoms with E-state index in [1.807, 2.05) is 26.8 Å². The zero-order valence-corrected chi connectivity index (χ0v) is 17.8. The molecule has 0 aromatic heterocycles. The number of ether oxygens (including phenoxy) is 2. The third-order valence-corrected chi connectivity index (χ3v) is 4.98. The monoisotopic (exact) mass is 428 g/mol. The lowest BCUT2D eigenvalue weighted by Crippen LogP contribution is -2.54. The third-order valence-electron chi connectivity index (χ3n) is 4.70. The van der Waals surface area contributed by atoms with Gasteiger partial charge in [0.05, 0.1) is 24.4 Å². The summed E-state index contributed by atoms with van der Waals surface area (Å²) in [5.74, 6) is -0.774. The highest BCUT2D eigenvalue weighted by Gasteiger charge is 2.37. The zero-order valence-electron chi connectivity index (χ0n) is 17.0. The summed E-state index contributed by atoms with van der Waals surface area (Å²) >= 11 is 6.26. The average Bonchev–Trinajstić information content (AvgIpc) is 2.68. The Balaban J connectivity index is 2.05. The molecule has 0 atom stereocenters. The van der Waals surface area contributed by atoms with Crippen molar-refractivity contribution in [2.75, 3.05) is 18.6 Å². The van der Waals surface area contributed by atoms with E-state index in [1.54, 1.807) is 24.3 Å². The quantitative estimate of drug-likeness (QED) is 0.574. The van der Waals surface area contributed by atoms with Crippen LogP contribution in [0.1, 0.15) is 23.6 Å². The van der Waals surface area contributed by atoms with Crippen molar-refractivity contribution >= 4 is 41.2 Å². The minimum atomic E-state index is -0.798. The lowest BCUT2D eigenvalue weighted by molar-refractivity contribution is -0.122. The Labute approximate surface area is 179 Å². The number of amides is 4. The van der Waals surface area contributed by atoms with Crippen LogP contribution in [0.15, 0.2) is 35.9 Å². The molecule has 1 aliphatic heterocycles. The summed E-state index contributed by atoms with van der Waals surface area (Å²) in [4.78, 5) is 38.8. The van der Waals surface area contributed by atoms with Crippen molar-refractivity contribution in [1.29, 1.82) is 0 Å². The van der Waals surface area contributed by atoms with E-state index in [1.165, 1.54) is 13.2 Å². The number of aryl methyl sites for hydroxylation is 2. The molecule has 1 saturated heterocycles. The second kappa shape index (κ2) is 8.59. The molecule has 0 spiro atoms. The van der Waals surface area contributed by atoms with Crippen LogP contribution in [0.5, 0.6) is 11.5 Å². The maximum atomic E-state index is 13.1. The molecule has 2 aromatic carbocycles. The molecule has 2 aromatic rings. The second-order valence-corrected chi connectivity index (χ2v) is 7.10. The van der Waals surface area contributed by atoms with Crippen LogP contribution in [0.2, 0.25) is 5.02 Å². The van der Waals surface area contributed by atoms with E-state index in [-0.39, 0.29) is 10.6 Å². The summed E-state index contributed by atoms with van der Waals surface area (Å²) in [7, 11) is 1.47. The fourth-order valence-corrected chi connectivity index (χ4v) is 3.35. The number of nitrogens with one attached hydrogen (secondary N) is 1. The number of nitrogens with zero attached hydrogens (tertiary/aromatic N) is 1. The SMILES string of the molecule is CCOc1cc(/C=C2\C(=O)NC(=O)N(c3ccc(C)c(C)c3)C2=O)cc(Cl)c1OC. The Bertz CT molecular complexity index is 1080. The van der Waals surface area contributed by atoms with E-state index < -0.39 is 17.8 Å². The standard InChI is InChI=1S/C22H21ClN2O5/c1-5-30-18-11-14(10-17(23)19(18)29-4)9-16-20(26)24-22(28)25(21(16)27)15-7-6-12(2)13(3)8-15/h6-11H,5H2,1-4H3,(H,24,26,28)/b16-9+. The largest absolute Gasteiger partial charge is 0.491 e. The van der Waals surface area contributed by atoms with Gasteiger partial charge in [-0.2, -0.15) is 0 Å². The van der Waals surface area contributed by atoms with Crippen molar-refractivity contribution in [2.45, 2.75) is 20.8 Å². The highest BCUT2D eigenvalue weighted by atomic mass is 35.5. The van der Waals surface area contributed by atoms with Crippen molar-refractivity contribution in [3.63, 3.8) is 0 Å². The van der Waals surface area contributed by atoms with Gasteiger partial charge < -0.3 is 9.47 Å². The van der Waals surface area contributed by atoms with Gasteiger partial charge in [-0.25, -0.2) is 9.69 Å². The predicted octanol–water partition coefficient (Wildman–Crippen LogP) is 4.03. The summed E-state index contributed by atoms with van der Waals surface area (Å²) in [5, 5.41) is 2.47. The molecule has 0 radical (unpaired) electrons. The molecule has 7 nitrogen and oxygen atoms in total. The van der Waals surface area contributed by atoms with Gasteiger partial charge in [0.2, 0.25) is 0 Å². The normalized spacial score (nSPS) is 15.4. The lowest BCUT2D eigenvalue weighted by atomic mass is 10.0. The van der Waals surface area contributed by atoms with Crippen LogP contribution >= 0.6 is 11.6 Å². The van der Waals surface area contributed by atoms with Crippen LogP contribution < -0.4 is 19.7 Å². The van der Waals surface area contributed by atoms with E-state index >= 15 is 0 Å². The number of carbonyl (C=O) groups excluding carboxylic acids is 3. The van der Waals surface area contributed by atoms with Gasteiger partial charge in [-0.05, 0) is 67.8 Å². The molecule has 1 heterocycles. The van der Waals surface area contributed by atoms with E-state index in [0.29, 0.717) is 29.4 Å². The summed E-state index contributed by atoms with van der Waals surface area (Å²) < 4.78 is 10.8. The first-order chi connectivity index (χ1) is 14.3. The topological polar surface area (TPSA) is 84.9 Å². The van der Waals surface area contributed by atoms with Crippen LogP contribution in [0, 0.1) is 13.8 Å². The molecule has 1 N–H and O–H groups in total. The Hall–Kier alpha value is -3.32. The maximum absolute atomic E-state index is 13.1. The molecule has 30 heavy (non-hydrogen) atoms. The summed E-state index contributed by atoms with van der Waals surface area (Å²) in [6.07, 6.45) is 1.37. The van der Waals surface area contributed by atoms with Gasteiger partial charge in [-0.1, -0.05) is 17.7 Å². The van der Waals surface area contributed by atoms with E-state index in [0.717, 1.165) is 16.0 Å². The maximum Gasteiger partial charge on any atom is 0.335 e. The molecule has 0 saturated carbocycles. The van der Waals surface area contributed by atoms with Gasteiger partial charge in [0.1, 0.15) is 5.57 Å². The van der Waals surface area contributed by atoms with Crippen molar-refractivity contribution in [2.24, 2.45) is 0 Å². The summed E-state index contributed by atoms with van der Waals surface area (Å²) in [6, 6.07) is 7.55. The Morgan fingerprint density at radius 3 is 2.47 bits per heavy atom. The molecule has 0 unspecified atom stereocenters. The third kappa shape index (κ3) is 4.02. The fourth-order valence-electron chi connectivity index (χ4n) is 3.06. The highest BCUT2D eigenvalue weighted by Crippen LogP contribution is 2.37.